The standard InChI is InChI=1S/C12H13N5S/c1-16-7-5-14-11(16)3-6-17-10-2-4-13-8-9(10)15-12(17)18/h2,4-5,7-8H,3,6H2,1H3,(H,15,18). The Kier molecular flexibility index (Phi) is 2.71. The third kappa shape index (κ3) is 1.84. The molecule has 0 aromatic carbocycles. The lowest BCUT2D eigenvalue weighted by Crippen LogP contribution is -2.05. The summed E-state index contributed by atoms with van der Waals surface area (Å²) in [6.45, 7) is 0.813. The van der Waals surface area contributed by atoms with Gasteiger partial charge in [0.05, 0.1) is 17.2 Å². The summed E-state index contributed by atoms with van der Waals surface area (Å²) in [6.07, 6.45) is 8.19. The average Bonchev–Trinajstić information content (AvgIpc) is 2.90. The van der Waals surface area contributed by atoms with Crippen LogP contribution in [0.4, 0.5) is 0 Å². The van der Waals surface area contributed by atoms with Crippen LogP contribution in [0.1, 0.15) is 5.82 Å². The Morgan fingerprint density at radius 2 is 2.28 bits per heavy atom. The topological polar surface area (TPSA) is 51.4 Å². The first-order chi connectivity index (χ1) is 8.75. The van der Waals surface area contributed by atoms with Gasteiger partial charge in [-0.25, -0.2) is 4.98 Å². The van der Waals surface area contributed by atoms with Gasteiger partial charge in [0, 0.05) is 38.6 Å². The third-order valence-electron chi connectivity index (χ3n) is 3.06. The summed E-state index contributed by atoms with van der Waals surface area (Å²) in [5, 5.41) is 0. The van der Waals surface area contributed by atoms with Crippen LogP contribution in [-0.4, -0.2) is 24.1 Å². The van der Waals surface area contributed by atoms with Gasteiger partial charge in [-0.2, -0.15) is 0 Å². The van der Waals surface area contributed by atoms with Crippen molar-refractivity contribution in [2.45, 2.75) is 13.0 Å². The average molecular weight is 259 g/mol. The molecule has 0 amide bonds. The number of aryl methyl sites for hydroxylation is 3. The highest BCUT2D eigenvalue weighted by atomic mass is 32.1. The molecule has 5 nitrogen and oxygen atoms in total. The van der Waals surface area contributed by atoms with E-state index in [2.05, 4.69) is 19.5 Å². The molecule has 0 aliphatic heterocycles. The van der Waals surface area contributed by atoms with Gasteiger partial charge in [0.15, 0.2) is 4.77 Å². The fourth-order valence-electron chi connectivity index (χ4n) is 2.08. The third-order valence-corrected chi connectivity index (χ3v) is 3.38. The first kappa shape index (κ1) is 11.2. The molecule has 0 atom stereocenters. The molecule has 0 unspecified atom stereocenters. The number of rotatable bonds is 3. The van der Waals surface area contributed by atoms with E-state index >= 15 is 0 Å². The van der Waals surface area contributed by atoms with Gasteiger partial charge in [0.25, 0.3) is 0 Å². The molecule has 0 saturated carbocycles. The fourth-order valence-corrected chi connectivity index (χ4v) is 2.38. The quantitative estimate of drug-likeness (QED) is 0.733. The lowest BCUT2D eigenvalue weighted by molar-refractivity contribution is 0.657. The van der Waals surface area contributed by atoms with Gasteiger partial charge in [0.2, 0.25) is 0 Å². The zero-order valence-corrected chi connectivity index (χ0v) is 10.8. The molecular weight excluding hydrogens is 246 g/mol. The minimum Gasteiger partial charge on any atom is -0.338 e. The molecule has 3 aromatic heterocycles. The van der Waals surface area contributed by atoms with E-state index in [1.165, 1.54) is 0 Å². The van der Waals surface area contributed by atoms with E-state index in [0.717, 1.165) is 34.6 Å². The number of fused-ring (bicyclic) bond motifs is 1. The van der Waals surface area contributed by atoms with Crippen LogP contribution in [0.15, 0.2) is 30.9 Å². The number of hydrogen-bond donors (Lipinski definition) is 1. The lowest BCUT2D eigenvalue weighted by atomic mass is 10.3. The summed E-state index contributed by atoms with van der Waals surface area (Å²) in [5.74, 6) is 1.06. The molecule has 0 bridgehead atoms. The van der Waals surface area contributed by atoms with Crippen molar-refractivity contribution in [3.8, 4) is 0 Å². The second kappa shape index (κ2) is 4.38. The van der Waals surface area contributed by atoms with Crippen LogP contribution in [0.3, 0.4) is 0 Å². The lowest BCUT2D eigenvalue weighted by Gasteiger charge is -2.04. The Balaban J connectivity index is 1.93. The van der Waals surface area contributed by atoms with Crippen LogP contribution < -0.4 is 0 Å². The first-order valence-corrected chi connectivity index (χ1v) is 6.15. The van der Waals surface area contributed by atoms with Crippen LogP contribution in [0.5, 0.6) is 0 Å². The second-order valence-corrected chi connectivity index (χ2v) is 4.57. The van der Waals surface area contributed by atoms with Crippen molar-refractivity contribution in [1.82, 2.24) is 24.1 Å². The van der Waals surface area contributed by atoms with E-state index < -0.39 is 0 Å². The highest BCUT2D eigenvalue weighted by molar-refractivity contribution is 7.71. The molecular formula is C12H13N5S. The summed E-state index contributed by atoms with van der Waals surface area (Å²) >= 11 is 5.33. The zero-order chi connectivity index (χ0) is 12.5. The predicted molar refractivity (Wildman–Crippen MR) is 71.8 cm³/mol. The van der Waals surface area contributed by atoms with Crippen molar-refractivity contribution in [2.75, 3.05) is 0 Å². The molecule has 0 saturated heterocycles. The van der Waals surface area contributed by atoms with Gasteiger partial charge in [0.1, 0.15) is 5.82 Å². The molecule has 0 aliphatic carbocycles. The van der Waals surface area contributed by atoms with Gasteiger partial charge in [-0.3, -0.25) is 4.98 Å². The summed E-state index contributed by atoms with van der Waals surface area (Å²) in [6, 6.07) is 1.97. The van der Waals surface area contributed by atoms with Crippen molar-refractivity contribution in [3.05, 3.63) is 41.4 Å². The Bertz CT molecular complexity index is 736. The second-order valence-electron chi connectivity index (χ2n) is 4.18. The fraction of sp³-hybridized carbons (Fsp3) is 0.250. The molecule has 6 heteroatoms. The van der Waals surface area contributed by atoms with Gasteiger partial charge < -0.3 is 14.1 Å². The van der Waals surface area contributed by atoms with Gasteiger partial charge >= 0.3 is 0 Å². The number of nitrogens with one attached hydrogen (secondary N) is 1. The largest absolute Gasteiger partial charge is 0.338 e. The molecule has 3 heterocycles. The maximum Gasteiger partial charge on any atom is 0.178 e. The van der Waals surface area contributed by atoms with Gasteiger partial charge in [-0.15, -0.1) is 0 Å². The van der Waals surface area contributed by atoms with Crippen LogP contribution in [0, 0.1) is 4.77 Å². The number of aromatic nitrogens is 5. The number of hydrogen-bond acceptors (Lipinski definition) is 3. The molecule has 1 N–H and O–H groups in total. The van der Waals surface area contributed by atoms with Gasteiger partial charge in [-0.1, -0.05) is 0 Å². The van der Waals surface area contributed by atoms with Crippen molar-refractivity contribution in [2.24, 2.45) is 7.05 Å². The minimum atomic E-state index is 0.729. The number of imidazole rings is 2. The van der Waals surface area contributed by atoms with Crippen LogP contribution in [0.2, 0.25) is 0 Å². The van der Waals surface area contributed by atoms with Crippen LogP contribution in [-0.2, 0) is 20.0 Å². The highest BCUT2D eigenvalue weighted by Gasteiger charge is 2.05. The maximum absolute atomic E-state index is 5.33. The highest BCUT2D eigenvalue weighted by Crippen LogP contribution is 2.12. The van der Waals surface area contributed by atoms with Gasteiger partial charge in [-0.05, 0) is 18.3 Å². The smallest absolute Gasteiger partial charge is 0.178 e. The van der Waals surface area contributed by atoms with E-state index in [9.17, 15) is 0 Å². The van der Waals surface area contributed by atoms with E-state index in [-0.39, 0.29) is 0 Å². The Hall–Kier alpha value is -1.95. The Labute approximate surface area is 109 Å². The van der Waals surface area contributed by atoms with E-state index in [0.29, 0.717) is 0 Å². The minimum absolute atomic E-state index is 0.729. The van der Waals surface area contributed by atoms with Crippen molar-refractivity contribution < 1.29 is 0 Å². The summed E-state index contributed by atoms with van der Waals surface area (Å²) in [7, 11) is 2.00. The predicted octanol–water partition coefficient (Wildman–Crippen LogP) is 2.07. The molecule has 92 valence electrons. The van der Waals surface area contributed by atoms with Crippen molar-refractivity contribution in [1.29, 1.82) is 0 Å². The first-order valence-electron chi connectivity index (χ1n) is 5.74. The summed E-state index contributed by atoms with van der Waals surface area (Å²) < 4.78 is 4.84. The summed E-state index contributed by atoms with van der Waals surface area (Å²) in [5.41, 5.74) is 2.06. The van der Waals surface area contributed by atoms with E-state index in [1.807, 2.05) is 30.1 Å². The zero-order valence-electron chi connectivity index (χ0n) is 10.00. The van der Waals surface area contributed by atoms with Crippen molar-refractivity contribution >= 4 is 23.3 Å². The Morgan fingerprint density at radius 1 is 1.39 bits per heavy atom. The number of pyridine rings is 1. The molecule has 0 spiro atoms. The molecule has 18 heavy (non-hydrogen) atoms. The van der Waals surface area contributed by atoms with E-state index in [1.54, 1.807) is 12.4 Å². The molecule has 0 radical (unpaired) electrons. The van der Waals surface area contributed by atoms with Crippen LogP contribution in [0.25, 0.3) is 11.0 Å². The van der Waals surface area contributed by atoms with Crippen molar-refractivity contribution in [3.63, 3.8) is 0 Å². The SMILES string of the molecule is Cn1ccnc1CCn1c(=S)[nH]c2cnccc21. The molecule has 3 rings (SSSR count). The molecule has 0 fully saturated rings. The normalized spacial score (nSPS) is 11.2. The van der Waals surface area contributed by atoms with E-state index in [4.69, 9.17) is 12.2 Å². The Morgan fingerprint density at radius 3 is 3.06 bits per heavy atom. The number of nitrogens with zero attached hydrogens (tertiary/aromatic N) is 4. The van der Waals surface area contributed by atoms with Crippen LogP contribution >= 0.6 is 12.2 Å². The monoisotopic (exact) mass is 259 g/mol. The number of aromatic amines is 1. The number of H-pyrrole nitrogens is 1. The molecule has 3 aromatic rings. The molecule has 0 aliphatic rings. The maximum atomic E-state index is 5.33. The summed E-state index contributed by atoms with van der Waals surface area (Å²) in [4.78, 5) is 11.6.